The second-order valence-corrected chi connectivity index (χ2v) is 3.74. The van der Waals surface area contributed by atoms with Crippen LogP contribution in [0.25, 0.3) is 0 Å². The summed E-state index contributed by atoms with van der Waals surface area (Å²) in [4.78, 5) is 11.1. The van der Waals surface area contributed by atoms with Gasteiger partial charge in [-0.05, 0) is 18.1 Å². The first kappa shape index (κ1) is 9.41. The fraction of sp³-hybridized carbons (Fsp3) is 0.417. The molecule has 2 rings (SSSR count). The van der Waals surface area contributed by atoms with E-state index in [1.165, 1.54) is 11.1 Å². The highest BCUT2D eigenvalue weighted by Gasteiger charge is 2.37. The van der Waals surface area contributed by atoms with Gasteiger partial charge in [-0.1, -0.05) is 24.3 Å². The fourth-order valence-electron chi connectivity index (χ4n) is 2.12. The number of hydrogen-bond donors (Lipinski definition) is 0. The highest BCUT2D eigenvalue weighted by atomic mass is 16.5. The number of carbonyl (C=O) groups is 1. The van der Waals surface area contributed by atoms with E-state index in [2.05, 4.69) is 12.1 Å². The summed E-state index contributed by atoms with van der Waals surface area (Å²) in [7, 11) is 0. The molecule has 0 radical (unpaired) electrons. The minimum Gasteiger partial charge on any atom is -0.367 e. The molecule has 74 valence electrons. The van der Waals surface area contributed by atoms with E-state index < -0.39 is 5.60 Å². The monoisotopic (exact) mass is 190 g/mol. The summed E-state index contributed by atoms with van der Waals surface area (Å²) in [5, 5.41) is 0. The third-order valence-electron chi connectivity index (χ3n) is 2.74. The third kappa shape index (κ3) is 1.46. The van der Waals surface area contributed by atoms with Gasteiger partial charge in [-0.15, -0.1) is 0 Å². The van der Waals surface area contributed by atoms with Crippen molar-refractivity contribution in [2.45, 2.75) is 25.4 Å². The van der Waals surface area contributed by atoms with Crippen molar-refractivity contribution in [2.24, 2.45) is 0 Å². The molecule has 1 aromatic carbocycles. The van der Waals surface area contributed by atoms with Gasteiger partial charge in [0.25, 0.3) is 0 Å². The van der Waals surface area contributed by atoms with Crippen LogP contribution in [0.4, 0.5) is 0 Å². The molecule has 0 saturated heterocycles. The van der Waals surface area contributed by atoms with Gasteiger partial charge in [0.2, 0.25) is 0 Å². The molecular formula is C12H14O2. The largest absolute Gasteiger partial charge is 0.367 e. The molecule has 0 heterocycles. The molecule has 0 spiro atoms. The third-order valence-corrected chi connectivity index (χ3v) is 2.74. The maximum absolute atomic E-state index is 11.1. The zero-order valence-electron chi connectivity index (χ0n) is 8.32. The summed E-state index contributed by atoms with van der Waals surface area (Å²) in [5.74, 6) is 0. The predicted octanol–water partition coefficient (Wildman–Crippen LogP) is 1.76. The Hall–Kier alpha value is -1.15. The van der Waals surface area contributed by atoms with Gasteiger partial charge in [0.1, 0.15) is 5.60 Å². The Morgan fingerprint density at radius 1 is 1.36 bits per heavy atom. The summed E-state index contributed by atoms with van der Waals surface area (Å²) in [6, 6.07) is 8.15. The minimum absolute atomic E-state index is 0.585. The van der Waals surface area contributed by atoms with E-state index in [4.69, 9.17) is 4.74 Å². The number of fused-ring (bicyclic) bond motifs is 1. The molecule has 0 bridgehead atoms. The van der Waals surface area contributed by atoms with Crippen LogP contribution < -0.4 is 0 Å². The van der Waals surface area contributed by atoms with Gasteiger partial charge in [0, 0.05) is 19.4 Å². The van der Waals surface area contributed by atoms with Crippen molar-refractivity contribution in [2.75, 3.05) is 6.61 Å². The van der Waals surface area contributed by atoms with E-state index in [1.807, 2.05) is 19.1 Å². The maximum Gasteiger partial charge on any atom is 0.152 e. The summed E-state index contributed by atoms with van der Waals surface area (Å²) in [5.41, 5.74) is 1.90. The van der Waals surface area contributed by atoms with Gasteiger partial charge < -0.3 is 9.53 Å². The predicted molar refractivity (Wildman–Crippen MR) is 54.3 cm³/mol. The van der Waals surface area contributed by atoms with Crippen molar-refractivity contribution >= 4 is 6.29 Å². The summed E-state index contributed by atoms with van der Waals surface area (Å²) in [6.07, 6.45) is 2.40. The average molecular weight is 190 g/mol. The molecule has 0 fully saturated rings. The van der Waals surface area contributed by atoms with Crippen LogP contribution in [0.15, 0.2) is 24.3 Å². The van der Waals surface area contributed by atoms with Crippen molar-refractivity contribution in [3.05, 3.63) is 35.4 Å². The lowest BCUT2D eigenvalue weighted by Crippen LogP contribution is -2.35. The highest BCUT2D eigenvalue weighted by molar-refractivity contribution is 5.67. The second kappa shape index (κ2) is 3.54. The van der Waals surface area contributed by atoms with Crippen molar-refractivity contribution in [1.82, 2.24) is 0 Å². The summed E-state index contributed by atoms with van der Waals surface area (Å²) in [6.45, 7) is 2.51. The Labute approximate surface area is 83.9 Å². The summed E-state index contributed by atoms with van der Waals surface area (Å²) >= 11 is 0. The van der Waals surface area contributed by atoms with Crippen LogP contribution >= 0.6 is 0 Å². The average Bonchev–Trinajstić information content (AvgIpc) is 2.57. The van der Waals surface area contributed by atoms with Crippen molar-refractivity contribution in [3.63, 3.8) is 0 Å². The van der Waals surface area contributed by atoms with Crippen LogP contribution in [0, 0.1) is 0 Å². The normalized spacial score (nSPS) is 17.8. The maximum atomic E-state index is 11.1. The first-order chi connectivity index (χ1) is 6.79. The topological polar surface area (TPSA) is 26.3 Å². The van der Waals surface area contributed by atoms with E-state index >= 15 is 0 Å². The van der Waals surface area contributed by atoms with Gasteiger partial charge in [-0.2, -0.15) is 0 Å². The molecule has 0 atom stereocenters. The SMILES string of the molecule is CCOC1(C=O)Cc2ccccc2C1. The van der Waals surface area contributed by atoms with Gasteiger partial charge in [-0.3, -0.25) is 0 Å². The first-order valence-corrected chi connectivity index (χ1v) is 4.97. The summed E-state index contributed by atoms with van der Waals surface area (Å²) < 4.78 is 5.55. The van der Waals surface area contributed by atoms with E-state index in [0.717, 1.165) is 19.1 Å². The van der Waals surface area contributed by atoms with Crippen molar-refractivity contribution in [3.8, 4) is 0 Å². The van der Waals surface area contributed by atoms with Gasteiger partial charge in [0.05, 0.1) is 0 Å². The molecular weight excluding hydrogens is 176 g/mol. The number of carbonyl (C=O) groups excluding carboxylic acids is 1. The fourth-order valence-corrected chi connectivity index (χ4v) is 2.12. The second-order valence-electron chi connectivity index (χ2n) is 3.74. The van der Waals surface area contributed by atoms with Gasteiger partial charge in [0.15, 0.2) is 6.29 Å². The number of aldehydes is 1. The Morgan fingerprint density at radius 2 is 1.93 bits per heavy atom. The zero-order chi connectivity index (χ0) is 10.0. The molecule has 0 aliphatic heterocycles. The van der Waals surface area contributed by atoms with Crippen LogP contribution in [-0.2, 0) is 22.4 Å². The van der Waals surface area contributed by atoms with E-state index in [9.17, 15) is 4.79 Å². The minimum atomic E-state index is -0.585. The van der Waals surface area contributed by atoms with Gasteiger partial charge >= 0.3 is 0 Å². The molecule has 2 heteroatoms. The first-order valence-electron chi connectivity index (χ1n) is 4.97. The number of rotatable bonds is 3. The number of hydrogen-bond acceptors (Lipinski definition) is 2. The quantitative estimate of drug-likeness (QED) is 0.679. The number of ether oxygens (including phenoxy) is 1. The standard InChI is InChI=1S/C12H14O2/c1-2-14-12(9-13)7-10-5-3-4-6-11(10)8-12/h3-6,9H,2,7-8H2,1H3. The van der Waals surface area contributed by atoms with Crippen LogP contribution in [0.3, 0.4) is 0 Å². The molecule has 2 nitrogen and oxygen atoms in total. The lowest BCUT2D eigenvalue weighted by atomic mass is 10.0. The number of benzene rings is 1. The molecule has 0 amide bonds. The van der Waals surface area contributed by atoms with Crippen LogP contribution in [0.5, 0.6) is 0 Å². The molecule has 1 aromatic rings. The van der Waals surface area contributed by atoms with Crippen molar-refractivity contribution < 1.29 is 9.53 Å². The van der Waals surface area contributed by atoms with Crippen LogP contribution in [-0.4, -0.2) is 18.5 Å². The Bertz CT molecular complexity index is 319. The smallest absolute Gasteiger partial charge is 0.152 e. The molecule has 0 unspecified atom stereocenters. The lowest BCUT2D eigenvalue weighted by Gasteiger charge is -2.21. The Morgan fingerprint density at radius 3 is 2.36 bits per heavy atom. The van der Waals surface area contributed by atoms with Crippen LogP contribution in [0.1, 0.15) is 18.1 Å². The molecule has 0 saturated carbocycles. The van der Waals surface area contributed by atoms with Crippen LogP contribution in [0.2, 0.25) is 0 Å². The molecule has 1 aliphatic carbocycles. The Kier molecular flexibility index (Phi) is 2.38. The highest BCUT2D eigenvalue weighted by Crippen LogP contribution is 2.31. The Balaban J connectivity index is 2.27. The van der Waals surface area contributed by atoms with E-state index in [-0.39, 0.29) is 0 Å². The molecule has 14 heavy (non-hydrogen) atoms. The van der Waals surface area contributed by atoms with E-state index in [0.29, 0.717) is 6.61 Å². The van der Waals surface area contributed by atoms with Crippen molar-refractivity contribution in [1.29, 1.82) is 0 Å². The van der Waals surface area contributed by atoms with E-state index in [1.54, 1.807) is 0 Å². The zero-order valence-corrected chi connectivity index (χ0v) is 8.32. The molecule has 1 aliphatic rings. The van der Waals surface area contributed by atoms with Gasteiger partial charge in [-0.25, -0.2) is 0 Å². The molecule has 0 aromatic heterocycles. The lowest BCUT2D eigenvalue weighted by molar-refractivity contribution is -0.129. The molecule has 0 N–H and O–H groups in total.